The summed E-state index contributed by atoms with van der Waals surface area (Å²) >= 11 is 1.03. The monoisotopic (exact) mass is 376 g/mol. The Morgan fingerprint density at radius 2 is 1.62 bits per heavy atom. The molecule has 1 aromatic carbocycles. The molecule has 0 bridgehead atoms. The molecule has 0 saturated heterocycles. The SMILES string of the molecule is CCOC(=O)c1ccc(NC(=O)c2sc(N)c(C(=O)OCC)c2C)cc1. The number of ether oxygens (including phenoxy) is 2. The van der Waals surface area contributed by atoms with E-state index >= 15 is 0 Å². The van der Waals surface area contributed by atoms with Crippen molar-refractivity contribution >= 4 is 39.9 Å². The molecule has 2 rings (SSSR count). The number of hydrogen-bond acceptors (Lipinski definition) is 7. The summed E-state index contributed by atoms with van der Waals surface area (Å²) in [6, 6.07) is 6.33. The van der Waals surface area contributed by atoms with Crippen molar-refractivity contribution < 1.29 is 23.9 Å². The van der Waals surface area contributed by atoms with Crippen molar-refractivity contribution in [2.24, 2.45) is 0 Å². The number of benzene rings is 1. The summed E-state index contributed by atoms with van der Waals surface area (Å²) in [5.41, 5.74) is 7.47. The molecule has 1 amide bonds. The lowest BCUT2D eigenvalue weighted by atomic mass is 10.1. The first kappa shape index (κ1) is 19.5. The van der Waals surface area contributed by atoms with Gasteiger partial charge >= 0.3 is 11.9 Å². The molecule has 138 valence electrons. The first-order chi connectivity index (χ1) is 12.4. The average molecular weight is 376 g/mol. The van der Waals surface area contributed by atoms with E-state index < -0.39 is 17.8 Å². The van der Waals surface area contributed by atoms with Gasteiger partial charge in [0, 0.05) is 5.69 Å². The normalized spacial score (nSPS) is 10.3. The summed E-state index contributed by atoms with van der Waals surface area (Å²) in [7, 11) is 0. The van der Waals surface area contributed by atoms with Crippen LogP contribution in [0.15, 0.2) is 24.3 Å². The summed E-state index contributed by atoms with van der Waals surface area (Å²) < 4.78 is 9.88. The fourth-order valence-corrected chi connectivity index (χ4v) is 3.26. The summed E-state index contributed by atoms with van der Waals surface area (Å²) in [5, 5.41) is 2.96. The molecule has 1 aromatic heterocycles. The standard InChI is InChI=1S/C18H20N2O5S/c1-4-24-17(22)11-6-8-12(9-7-11)20-16(21)14-10(3)13(15(19)26-14)18(23)25-5-2/h6-9H,4-5,19H2,1-3H3,(H,20,21). The Kier molecular flexibility index (Phi) is 6.35. The third-order valence-corrected chi connectivity index (χ3v) is 4.63. The maximum atomic E-state index is 12.5. The van der Waals surface area contributed by atoms with E-state index in [4.69, 9.17) is 15.2 Å². The topological polar surface area (TPSA) is 108 Å². The van der Waals surface area contributed by atoms with Gasteiger partial charge in [-0.15, -0.1) is 11.3 Å². The number of carbonyl (C=O) groups excluding carboxylic acids is 3. The van der Waals surface area contributed by atoms with E-state index in [0.29, 0.717) is 28.3 Å². The van der Waals surface area contributed by atoms with Crippen molar-refractivity contribution in [3.05, 3.63) is 45.8 Å². The van der Waals surface area contributed by atoms with Gasteiger partial charge < -0.3 is 20.5 Å². The maximum Gasteiger partial charge on any atom is 0.341 e. The van der Waals surface area contributed by atoms with E-state index in [1.807, 2.05) is 0 Å². The van der Waals surface area contributed by atoms with E-state index in [1.165, 1.54) is 0 Å². The molecule has 8 heteroatoms. The number of hydrogen-bond donors (Lipinski definition) is 2. The Morgan fingerprint density at radius 3 is 2.19 bits per heavy atom. The zero-order valence-electron chi connectivity index (χ0n) is 14.8. The highest BCUT2D eigenvalue weighted by atomic mass is 32.1. The number of esters is 2. The van der Waals surface area contributed by atoms with E-state index in [9.17, 15) is 14.4 Å². The number of anilines is 2. The van der Waals surface area contributed by atoms with Crippen molar-refractivity contribution in [2.75, 3.05) is 24.3 Å². The highest BCUT2D eigenvalue weighted by molar-refractivity contribution is 7.18. The fourth-order valence-electron chi connectivity index (χ4n) is 2.30. The summed E-state index contributed by atoms with van der Waals surface area (Å²) in [6.45, 7) is 5.59. The van der Waals surface area contributed by atoms with Crippen molar-refractivity contribution in [3.63, 3.8) is 0 Å². The quantitative estimate of drug-likeness (QED) is 0.749. The van der Waals surface area contributed by atoms with Crippen LogP contribution in [0.4, 0.5) is 10.7 Å². The lowest BCUT2D eigenvalue weighted by Crippen LogP contribution is -2.13. The van der Waals surface area contributed by atoms with Gasteiger partial charge in [0.25, 0.3) is 5.91 Å². The number of rotatable bonds is 6. The van der Waals surface area contributed by atoms with Gasteiger partial charge in [-0.2, -0.15) is 0 Å². The average Bonchev–Trinajstić information content (AvgIpc) is 2.90. The molecule has 0 spiro atoms. The Balaban J connectivity index is 2.16. The fraction of sp³-hybridized carbons (Fsp3) is 0.278. The molecule has 7 nitrogen and oxygen atoms in total. The van der Waals surface area contributed by atoms with Gasteiger partial charge in [-0.05, 0) is 50.6 Å². The van der Waals surface area contributed by atoms with Crippen molar-refractivity contribution in [1.82, 2.24) is 0 Å². The summed E-state index contributed by atoms with van der Waals surface area (Å²) in [6.07, 6.45) is 0. The maximum absolute atomic E-state index is 12.5. The first-order valence-corrected chi connectivity index (χ1v) is 8.85. The minimum atomic E-state index is -0.545. The molecule has 0 saturated carbocycles. The molecular formula is C18H20N2O5S. The number of thiophene rings is 1. The zero-order chi connectivity index (χ0) is 19.3. The van der Waals surface area contributed by atoms with Crippen LogP contribution in [0.25, 0.3) is 0 Å². The Morgan fingerprint density at radius 1 is 1.04 bits per heavy atom. The number of nitrogens with two attached hydrogens (primary N) is 1. The molecule has 0 aliphatic rings. The van der Waals surface area contributed by atoms with Gasteiger partial charge in [0.15, 0.2) is 0 Å². The second kappa shape index (κ2) is 8.48. The van der Waals surface area contributed by atoms with E-state index in [0.717, 1.165) is 11.3 Å². The molecule has 2 aromatic rings. The molecule has 26 heavy (non-hydrogen) atoms. The molecular weight excluding hydrogens is 356 g/mol. The smallest absolute Gasteiger partial charge is 0.341 e. The largest absolute Gasteiger partial charge is 0.462 e. The third kappa shape index (κ3) is 4.20. The lowest BCUT2D eigenvalue weighted by molar-refractivity contribution is 0.0517. The van der Waals surface area contributed by atoms with Crippen LogP contribution in [-0.2, 0) is 9.47 Å². The third-order valence-electron chi connectivity index (χ3n) is 3.51. The van der Waals surface area contributed by atoms with Crippen LogP contribution in [0.3, 0.4) is 0 Å². The van der Waals surface area contributed by atoms with Crippen LogP contribution < -0.4 is 11.1 Å². The van der Waals surface area contributed by atoms with Gasteiger partial charge in [0.1, 0.15) is 5.00 Å². The second-order valence-corrected chi connectivity index (χ2v) is 6.32. The highest BCUT2D eigenvalue weighted by Gasteiger charge is 2.24. The molecule has 0 aliphatic carbocycles. The number of amides is 1. The molecule has 0 fully saturated rings. The van der Waals surface area contributed by atoms with Crippen LogP contribution in [0, 0.1) is 6.92 Å². The summed E-state index contributed by atoms with van der Waals surface area (Å²) in [4.78, 5) is 36.4. The molecule has 0 unspecified atom stereocenters. The van der Waals surface area contributed by atoms with Crippen molar-refractivity contribution in [2.45, 2.75) is 20.8 Å². The molecule has 0 atom stereocenters. The minimum absolute atomic E-state index is 0.222. The van der Waals surface area contributed by atoms with E-state index in [1.54, 1.807) is 45.0 Å². The second-order valence-electron chi connectivity index (χ2n) is 5.27. The van der Waals surface area contributed by atoms with Crippen molar-refractivity contribution in [1.29, 1.82) is 0 Å². The Hall–Kier alpha value is -2.87. The van der Waals surface area contributed by atoms with Crippen LogP contribution in [-0.4, -0.2) is 31.1 Å². The van der Waals surface area contributed by atoms with Gasteiger partial charge in [-0.3, -0.25) is 4.79 Å². The van der Waals surface area contributed by atoms with Crippen LogP contribution in [0.1, 0.15) is 49.8 Å². The van der Waals surface area contributed by atoms with Crippen LogP contribution in [0.2, 0.25) is 0 Å². The summed E-state index contributed by atoms with van der Waals surface area (Å²) in [5.74, 6) is -1.36. The molecule has 0 radical (unpaired) electrons. The Bertz CT molecular complexity index is 827. The number of nitrogens with one attached hydrogen (secondary N) is 1. The van der Waals surface area contributed by atoms with Gasteiger partial charge in [-0.25, -0.2) is 9.59 Å². The predicted octanol–water partition coefficient (Wildman–Crippen LogP) is 3.24. The van der Waals surface area contributed by atoms with Crippen LogP contribution >= 0.6 is 11.3 Å². The van der Waals surface area contributed by atoms with E-state index in [2.05, 4.69) is 5.32 Å². The van der Waals surface area contributed by atoms with Gasteiger partial charge in [0.05, 0.1) is 29.2 Å². The first-order valence-electron chi connectivity index (χ1n) is 8.03. The van der Waals surface area contributed by atoms with Gasteiger partial charge in [0.2, 0.25) is 0 Å². The van der Waals surface area contributed by atoms with Crippen molar-refractivity contribution in [3.8, 4) is 0 Å². The molecule has 0 aliphatic heterocycles. The molecule has 1 heterocycles. The van der Waals surface area contributed by atoms with Crippen LogP contribution in [0.5, 0.6) is 0 Å². The lowest BCUT2D eigenvalue weighted by Gasteiger charge is -2.06. The number of carbonyl (C=O) groups is 3. The molecule has 3 N–H and O–H groups in total. The Labute approximate surface area is 155 Å². The predicted molar refractivity (Wildman–Crippen MR) is 99.8 cm³/mol. The zero-order valence-corrected chi connectivity index (χ0v) is 15.6. The van der Waals surface area contributed by atoms with E-state index in [-0.39, 0.29) is 17.2 Å². The highest BCUT2D eigenvalue weighted by Crippen LogP contribution is 2.31. The number of nitrogen functional groups attached to an aromatic ring is 1. The minimum Gasteiger partial charge on any atom is -0.462 e. The van der Waals surface area contributed by atoms with Gasteiger partial charge in [-0.1, -0.05) is 0 Å².